The van der Waals surface area contributed by atoms with Crippen molar-refractivity contribution in [3.63, 3.8) is 0 Å². The lowest BCUT2D eigenvalue weighted by molar-refractivity contribution is 0.0557. The van der Waals surface area contributed by atoms with Gasteiger partial charge in [-0.2, -0.15) is 0 Å². The summed E-state index contributed by atoms with van der Waals surface area (Å²) in [5.41, 5.74) is 3.26. The first-order chi connectivity index (χ1) is 13.2. The van der Waals surface area contributed by atoms with E-state index in [4.69, 9.17) is 4.52 Å². The molecule has 1 aromatic carbocycles. The van der Waals surface area contributed by atoms with Gasteiger partial charge in [0.2, 0.25) is 5.76 Å². The van der Waals surface area contributed by atoms with Crippen molar-refractivity contribution in [1.82, 2.24) is 20.0 Å². The zero-order valence-corrected chi connectivity index (χ0v) is 15.0. The van der Waals surface area contributed by atoms with Crippen molar-refractivity contribution in [3.8, 4) is 0 Å². The third-order valence-corrected chi connectivity index (χ3v) is 5.70. The number of halogens is 1. The van der Waals surface area contributed by atoms with Crippen molar-refractivity contribution in [3.05, 3.63) is 46.9 Å². The SMILES string of the molecule is O=C(c1onc2c1CCCC2)N1CCCC[C@@H]1c1nc2ccc(F)cc2[nH]1. The van der Waals surface area contributed by atoms with E-state index in [-0.39, 0.29) is 17.8 Å². The summed E-state index contributed by atoms with van der Waals surface area (Å²) in [6.45, 7) is 0.657. The topological polar surface area (TPSA) is 75.0 Å². The van der Waals surface area contributed by atoms with E-state index in [0.717, 1.165) is 56.2 Å². The molecule has 1 aliphatic heterocycles. The molecule has 0 bridgehead atoms. The lowest BCUT2D eigenvalue weighted by Gasteiger charge is -2.34. The first kappa shape index (κ1) is 16.5. The standard InChI is InChI=1S/C20H21FN4O2/c21-12-8-9-15-16(11-12)23-19(22-15)17-7-3-4-10-25(17)20(26)18-13-5-1-2-6-14(13)24-27-18/h8-9,11,17H,1-7,10H2,(H,22,23)/t17-/m1/s1. The van der Waals surface area contributed by atoms with Gasteiger partial charge in [0.15, 0.2) is 0 Å². The summed E-state index contributed by atoms with van der Waals surface area (Å²) in [7, 11) is 0. The summed E-state index contributed by atoms with van der Waals surface area (Å²) < 4.78 is 19.0. The molecule has 3 aromatic rings. The highest BCUT2D eigenvalue weighted by molar-refractivity contribution is 5.93. The molecule has 7 heteroatoms. The largest absolute Gasteiger partial charge is 0.350 e. The maximum absolute atomic E-state index is 13.5. The van der Waals surface area contributed by atoms with E-state index >= 15 is 0 Å². The highest BCUT2D eigenvalue weighted by Gasteiger charge is 2.35. The molecule has 1 amide bonds. The van der Waals surface area contributed by atoms with E-state index in [1.54, 1.807) is 6.07 Å². The predicted octanol–water partition coefficient (Wildman–Crippen LogP) is 3.94. The van der Waals surface area contributed by atoms with Crippen LogP contribution < -0.4 is 0 Å². The molecule has 1 atom stereocenters. The number of imidazole rings is 1. The van der Waals surface area contributed by atoms with E-state index in [0.29, 0.717) is 29.2 Å². The number of fused-ring (bicyclic) bond motifs is 2. The molecule has 1 N–H and O–H groups in total. The smallest absolute Gasteiger partial charge is 0.293 e. The second kappa shape index (κ2) is 6.48. The molecular formula is C20H21FN4O2. The number of nitrogens with zero attached hydrogens (tertiary/aromatic N) is 3. The number of H-pyrrole nitrogens is 1. The molecule has 27 heavy (non-hydrogen) atoms. The van der Waals surface area contributed by atoms with E-state index in [9.17, 15) is 9.18 Å². The lowest BCUT2D eigenvalue weighted by atomic mass is 9.95. The number of hydrogen-bond donors (Lipinski definition) is 1. The number of nitrogens with one attached hydrogen (secondary N) is 1. The highest BCUT2D eigenvalue weighted by Crippen LogP contribution is 2.33. The maximum Gasteiger partial charge on any atom is 0.293 e. The molecular weight excluding hydrogens is 347 g/mol. The summed E-state index contributed by atoms with van der Waals surface area (Å²) in [6, 6.07) is 4.34. The Hall–Kier alpha value is -2.70. The van der Waals surface area contributed by atoms with Gasteiger partial charge in [0.05, 0.1) is 22.8 Å². The van der Waals surface area contributed by atoms with Crippen LogP contribution in [-0.2, 0) is 12.8 Å². The average molecular weight is 368 g/mol. The predicted molar refractivity (Wildman–Crippen MR) is 96.8 cm³/mol. The minimum atomic E-state index is -0.303. The number of hydrogen-bond acceptors (Lipinski definition) is 4. The fourth-order valence-electron chi connectivity index (χ4n) is 4.31. The number of carbonyl (C=O) groups excluding carboxylic acids is 1. The summed E-state index contributed by atoms with van der Waals surface area (Å²) in [5, 5.41) is 4.13. The van der Waals surface area contributed by atoms with Crippen LogP contribution in [0.15, 0.2) is 22.7 Å². The first-order valence-electron chi connectivity index (χ1n) is 9.64. The zero-order valence-electron chi connectivity index (χ0n) is 15.0. The maximum atomic E-state index is 13.5. The monoisotopic (exact) mass is 368 g/mol. The molecule has 6 nitrogen and oxygen atoms in total. The molecule has 0 radical (unpaired) electrons. The highest BCUT2D eigenvalue weighted by atomic mass is 19.1. The summed E-state index contributed by atoms with van der Waals surface area (Å²) >= 11 is 0. The Kier molecular flexibility index (Phi) is 3.95. The van der Waals surface area contributed by atoms with Gasteiger partial charge < -0.3 is 14.4 Å². The Labute approximate surface area is 155 Å². The van der Waals surface area contributed by atoms with E-state index in [2.05, 4.69) is 15.1 Å². The van der Waals surface area contributed by atoms with Crippen LogP contribution >= 0.6 is 0 Å². The Bertz CT molecular complexity index is 1010. The minimum Gasteiger partial charge on any atom is -0.350 e. The van der Waals surface area contributed by atoms with Crippen LogP contribution in [-0.4, -0.2) is 32.5 Å². The molecule has 0 unspecified atom stereocenters. The average Bonchev–Trinajstić information content (AvgIpc) is 3.31. The fraction of sp³-hybridized carbons (Fsp3) is 0.450. The molecule has 2 aliphatic rings. The van der Waals surface area contributed by atoms with Crippen LogP contribution in [0.25, 0.3) is 11.0 Å². The molecule has 140 valence electrons. The Morgan fingerprint density at radius 3 is 3.04 bits per heavy atom. The van der Waals surface area contributed by atoms with Gasteiger partial charge in [0.1, 0.15) is 11.6 Å². The van der Waals surface area contributed by atoms with Gasteiger partial charge >= 0.3 is 0 Å². The van der Waals surface area contributed by atoms with Gasteiger partial charge in [-0.3, -0.25) is 4.79 Å². The minimum absolute atomic E-state index is 0.109. The summed E-state index contributed by atoms with van der Waals surface area (Å²) in [6.07, 6.45) is 6.68. The number of aromatic nitrogens is 3. The molecule has 3 heterocycles. The van der Waals surface area contributed by atoms with Crippen molar-refractivity contribution in [2.45, 2.75) is 51.0 Å². The Morgan fingerprint density at radius 1 is 1.22 bits per heavy atom. The number of benzene rings is 1. The molecule has 1 fully saturated rings. The van der Waals surface area contributed by atoms with Gasteiger partial charge in [-0.25, -0.2) is 9.37 Å². The van der Waals surface area contributed by atoms with Crippen molar-refractivity contribution in [2.24, 2.45) is 0 Å². The van der Waals surface area contributed by atoms with Crippen LogP contribution in [0.2, 0.25) is 0 Å². The van der Waals surface area contributed by atoms with Gasteiger partial charge in [0, 0.05) is 12.1 Å². The lowest BCUT2D eigenvalue weighted by Crippen LogP contribution is -2.39. The molecule has 1 saturated heterocycles. The quantitative estimate of drug-likeness (QED) is 0.743. The third kappa shape index (κ3) is 2.81. The van der Waals surface area contributed by atoms with Gasteiger partial charge in [-0.05, 0) is 63.1 Å². The van der Waals surface area contributed by atoms with Crippen molar-refractivity contribution < 1.29 is 13.7 Å². The van der Waals surface area contributed by atoms with Crippen molar-refractivity contribution in [2.75, 3.05) is 6.54 Å². The number of rotatable bonds is 2. The Morgan fingerprint density at radius 2 is 2.11 bits per heavy atom. The van der Waals surface area contributed by atoms with Crippen molar-refractivity contribution >= 4 is 16.9 Å². The number of aryl methyl sites for hydroxylation is 1. The van der Waals surface area contributed by atoms with Crippen molar-refractivity contribution in [1.29, 1.82) is 0 Å². The summed E-state index contributed by atoms with van der Waals surface area (Å²) in [4.78, 5) is 22.9. The summed E-state index contributed by atoms with van der Waals surface area (Å²) in [5.74, 6) is 0.681. The van der Waals surface area contributed by atoms with Crippen LogP contribution in [0.3, 0.4) is 0 Å². The third-order valence-electron chi connectivity index (χ3n) is 5.70. The zero-order chi connectivity index (χ0) is 18.4. The van der Waals surface area contributed by atoms with Crippen LogP contribution in [0.1, 0.15) is 65.8 Å². The molecule has 2 aromatic heterocycles. The first-order valence-corrected chi connectivity index (χ1v) is 9.64. The van der Waals surface area contributed by atoms with E-state index in [1.807, 2.05) is 4.90 Å². The molecule has 0 spiro atoms. The van der Waals surface area contributed by atoms with Crippen LogP contribution in [0.5, 0.6) is 0 Å². The molecule has 1 aliphatic carbocycles. The fourth-order valence-corrected chi connectivity index (χ4v) is 4.31. The number of piperidine rings is 1. The van der Waals surface area contributed by atoms with Gasteiger partial charge in [0.25, 0.3) is 5.91 Å². The second-order valence-electron chi connectivity index (χ2n) is 7.44. The van der Waals surface area contributed by atoms with E-state index in [1.165, 1.54) is 12.1 Å². The molecule has 5 rings (SSSR count). The number of likely N-dealkylation sites (tertiary alicyclic amines) is 1. The molecule has 0 saturated carbocycles. The number of aromatic amines is 1. The van der Waals surface area contributed by atoms with Gasteiger partial charge in [-0.15, -0.1) is 0 Å². The second-order valence-corrected chi connectivity index (χ2v) is 7.44. The number of carbonyl (C=O) groups is 1. The Balaban J connectivity index is 1.49. The van der Waals surface area contributed by atoms with E-state index < -0.39 is 0 Å². The van der Waals surface area contributed by atoms with Crippen LogP contribution in [0.4, 0.5) is 4.39 Å². The van der Waals surface area contributed by atoms with Crippen LogP contribution in [0, 0.1) is 5.82 Å². The number of amides is 1. The normalized spacial score (nSPS) is 20.0. The van der Waals surface area contributed by atoms with Gasteiger partial charge in [-0.1, -0.05) is 5.16 Å².